The molecule has 3 saturated heterocycles. The molecular formula is C29H41N3O6. The Morgan fingerprint density at radius 1 is 1.13 bits per heavy atom. The Bertz CT molecular complexity index is 1000. The van der Waals surface area contributed by atoms with Crippen LogP contribution in [0.3, 0.4) is 0 Å². The summed E-state index contributed by atoms with van der Waals surface area (Å²) in [7, 11) is 1.74. The van der Waals surface area contributed by atoms with E-state index in [0.717, 1.165) is 51.9 Å². The van der Waals surface area contributed by atoms with Gasteiger partial charge in [-0.05, 0) is 69.3 Å². The van der Waals surface area contributed by atoms with E-state index < -0.39 is 17.7 Å². The number of rotatable bonds is 9. The molecule has 0 bridgehead atoms. The standard InChI is InChI=1S/C29H41N3O6/c1-3-37-24-18-32(25-23(33)19-38-26(24)25)28(35)29(12-4-5-13-29)30-27(34)22-8-6-20(7-9-22)21-10-14-31(15-11-21)16-17-36-2/h6-9,21,24-26H,3-5,10-19H2,1-2H3,(H,30,34)/t24-,25+,26+/m0/s1. The average molecular weight is 528 g/mol. The van der Waals surface area contributed by atoms with Crippen LogP contribution in [0, 0.1) is 0 Å². The van der Waals surface area contributed by atoms with Gasteiger partial charge in [0.2, 0.25) is 5.91 Å². The maximum atomic E-state index is 14.0. The molecular weight excluding hydrogens is 486 g/mol. The first-order chi connectivity index (χ1) is 18.5. The maximum Gasteiger partial charge on any atom is 0.252 e. The molecule has 9 heteroatoms. The molecule has 0 aromatic heterocycles. The number of hydrogen-bond acceptors (Lipinski definition) is 7. The number of Topliss-reactive ketones (excluding diaryl/α,β-unsaturated/α-hetero) is 1. The number of fused-ring (bicyclic) bond motifs is 1. The first kappa shape index (κ1) is 27.2. The third-order valence-electron chi connectivity index (χ3n) is 8.84. The van der Waals surface area contributed by atoms with Gasteiger partial charge in [0.25, 0.3) is 5.91 Å². The molecule has 3 heterocycles. The number of nitrogens with one attached hydrogen (secondary N) is 1. The van der Waals surface area contributed by atoms with Gasteiger partial charge >= 0.3 is 0 Å². The van der Waals surface area contributed by atoms with Crippen LogP contribution < -0.4 is 5.32 Å². The molecule has 0 unspecified atom stereocenters. The van der Waals surface area contributed by atoms with Crippen molar-refractivity contribution in [1.82, 2.24) is 15.1 Å². The Balaban J connectivity index is 1.25. The fraction of sp³-hybridized carbons (Fsp3) is 0.690. The van der Waals surface area contributed by atoms with Crippen LogP contribution >= 0.6 is 0 Å². The number of amides is 2. The Hall–Kier alpha value is -2.33. The van der Waals surface area contributed by atoms with Crippen LogP contribution in [0.5, 0.6) is 0 Å². The molecule has 38 heavy (non-hydrogen) atoms. The SMILES string of the molecule is CCO[C@H]1CN(C(=O)C2(NC(=O)c3ccc(C4CCN(CCOC)CC4)cc3)CCCC2)[C@@H]2C(=O)CO[C@H]12. The van der Waals surface area contributed by atoms with Crippen molar-refractivity contribution in [2.24, 2.45) is 0 Å². The first-order valence-corrected chi connectivity index (χ1v) is 14.2. The number of likely N-dealkylation sites (tertiary alicyclic amines) is 2. The average Bonchev–Trinajstić information content (AvgIpc) is 3.66. The van der Waals surface area contributed by atoms with Crippen molar-refractivity contribution in [2.45, 2.75) is 75.2 Å². The van der Waals surface area contributed by atoms with Gasteiger partial charge in [0, 0.05) is 25.8 Å². The van der Waals surface area contributed by atoms with Crippen molar-refractivity contribution in [3.8, 4) is 0 Å². The predicted molar refractivity (Wildman–Crippen MR) is 141 cm³/mol. The highest BCUT2D eigenvalue weighted by molar-refractivity contribution is 6.01. The van der Waals surface area contributed by atoms with E-state index in [0.29, 0.717) is 37.5 Å². The van der Waals surface area contributed by atoms with E-state index in [1.54, 1.807) is 12.0 Å². The van der Waals surface area contributed by atoms with E-state index in [1.807, 2.05) is 19.1 Å². The van der Waals surface area contributed by atoms with Gasteiger partial charge in [-0.15, -0.1) is 0 Å². The van der Waals surface area contributed by atoms with Crippen LogP contribution in [0.15, 0.2) is 24.3 Å². The summed E-state index contributed by atoms with van der Waals surface area (Å²) in [4.78, 5) is 44.1. The highest BCUT2D eigenvalue weighted by atomic mass is 16.6. The van der Waals surface area contributed by atoms with E-state index >= 15 is 0 Å². The molecule has 9 nitrogen and oxygen atoms in total. The number of benzene rings is 1. The molecule has 1 aromatic rings. The number of nitrogens with zero attached hydrogens (tertiary/aromatic N) is 2. The van der Waals surface area contributed by atoms with Crippen LogP contribution in [-0.2, 0) is 23.8 Å². The fourth-order valence-corrected chi connectivity index (χ4v) is 6.73. The van der Waals surface area contributed by atoms with Gasteiger partial charge in [-0.2, -0.15) is 0 Å². The van der Waals surface area contributed by atoms with Gasteiger partial charge in [-0.3, -0.25) is 14.4 Å². The number of methoxy groups -OCH3 is 1. The van der Waals surface area contributed by atoms with Gasteiger partial charge in [-0.25, -0.2) is 0 Å². The lowest BCUT2D eigenvalue weighted by Gasteiger charge is -2.35. The highest BCUT2D eigenvalue weighted by Gasteiger charge is 2.57. The number of ether oxygens (including phenoxy) is 3. The molecule has 1 aliphatic carbocycles. The normalized spacial score (nSPS) is 27.6. The van der Waals surface area contributed by atoms with E-state index in [2.05, 4.69) is 22.3 Å². The smallest absolute Gasteiger partial charge is 0.252 e. The molecule has 0 radical (unpaired) electrons. The van der Waals surface area contributed by atoms with Gasteiger partial charge < -0.3 is 29.3 Å². The molecule has 1 saturated carbocycles. The largest absolute Gasteiger partial charge is 0.383 e. The summed E-state index contributed by atoms with van der Waals surface area (Å²) in [6.45, 7) is 6.52. The zero-order valence-electron chi connectivity index (χ0n) is 22.7. The molecule has 4 fully saturated rings. The molecule has 5 rings (SSSR count). The second-order valence-corrected chi connectivity index (χ2v) is 11.1. The second kappa shape index (κ2) is 11.8. The Morgan fingerprint density at radius 2 is 1.84 bits per heavy atom. The minimum Gasteiger partial charge on any atom is -0.383 e. The summed E-state index contributed by atoms with van der Waals surface area (Å²) in [5, 5.41) is 3.11. The third kappa shape index (κ3) is 5.39. The molecule has 1 aromatic carbocycles. The minimum atomic E-state index is -1.00. The topological polar surface area (TPSA) is 97.4 Å². The molecule has 3 aliphatic heterocycles. The summed E-state index contributed by atoms with van der Waals surface area (Å²) < 4.78 is 16.7. The quantitative estimate of drug-likeness (QED) is 0.526. The Morgan fingerprint density at radius 3 is 2.50 bits per heavy atom. The van der Waals surface area contributed by atoms with Crippen molar-refractivity contribution in [2.75, 3.05) is 53.1 Å². The molecule has 2 amide bonds. The summed E-state index contributed by atoms with van der Waals surface area (Å²) in [5.41, 5.74) is 0.806. The van der Waals surface area contributed by atoms with Crippen molar-refractivity contribution in [3.63, 3.8) is 0 Å². The van der Waals surface area contributed by atoms with E-state index in [1.165, 1.54) is 5.56 Å². The van der Waals surface area contributed by atoms with Crippen LogP contribution in [0.2, 0.25) is 0 Å². The zero-order valence-corrected chi connectivity index (χ0v) is 22.7. The Labute approximate surface area is 225 Å². The molecule has 0 spiro atoms. The summed E-state index contributed by atoms with van der Waals surface area (Å²) in [6.07, 6.45) is 4.28. The van der Waals surface area contributed by atoms with Gasteiger partial charge in [0.15, 0.2) is 5.78 Å². The van der Waals surface area contributed by atoms with Crippen molar-refractivity contribution in [3.05, 3.63) is 35.4 Å². The maximum absolute atomic E-state index is 14.0. The third-order valence-corrected chi connectivity index (χ3v) is 8.84. The summed E-state index contributed by atoms with van der Waals surface area (Å²) in [5.74, 6) is -0.0325. The number of piperidine rings is 1. The number of ketones is 1. The lowest BCUT2D eigenvalue weighted by molar-refractivity contribution is -0.142. The lowest BCUT2D eigenvalue weighted by atomic mass is 9.88. The molecule has 208 valence electrons. The number of carbonyl (C=O) groups is 3. The predicted octanol–water partition coefficient (Wildman–Crippen LogP) is 2.14. The summed E-state index contributed by atoms with van der Waals surface area (Å²) >= 11 is 0. The van der Waals surface area contributed by atoms with Crippen molar-refractivity contribution < 1.29 is 28.6 Å². The van der Waals surface area contributed by atoms with Crippen LogP contribution in [0.1, 0.15) is 67.3 Å². The molecule has 1 N–H and O–H groups in total. The van der Waals surface area contributed by atoms with Crippen LogP contribution in [-0.4, -0.2) is 104 Å². The monoisotopic (exact) mass is 527 g/mol. The van der Waals surface area contributed by atoms with Gasteiger partial charge in [0.05, 0.1) is 13.2 Å². The van der Waals surface area contributed by atoms with Crippen LogP contribution in [0.25, 0.3) is 0 Å². The fourth-order valence-electron chi connectivity index (χ4n) is 6.73. The summed E-state index contributed by atoms with van der Waals surface area (Å²) in [6, 6.07) is 7.23. The number of hydrogen-bond donors (Lipinski definition) is 1. The van der Waals surface area contributed by atoms with Crippen molar-refractivity contribution >= 4 is 17.6 Å². The first-order valence-electron chi connectivity index (χ1n) is 14.2. The Kier molecular flexibility index (Phi) is 8.47. The van der Waals surface area contributed by atoms with Crippen LogP contribution in [0.4, 0.5) is 0 Å². The van der Waals surface area contributed by atoms with E-state index in [4.69, 9.17) is 14.2 Å². The minimum absolute atomic E-state index is 0.000572. The van der Waals surface area contributed by atoms with Gasteiger partial charge in [-0.1, -0.05) is 25.0 Å². The molecule has 3 atom stereocenters. The van der Waals surface area contributed by atoms with E-state index in [9.17, 15) is 14.4 Å². The number of carbonyl (C=O) groups excluding carboxylic acids is 3. The second-order valence-electron chi connectivity index (χ2n) is 11.1. The van der Waals surface area contributed by atoms with Gasteiger partial charge in [0.1, 0.15) is 30.4 Å². The van der Waals surface area contributed by atoms with Crippen molar-refractivity contribution in [1.29, 1.82) is 0 Å². The molecule has 4 aliphatic rings. The lowest BCUT2D eigenvalue weighted by Crippen LogP contribution is -2.60. The van der Waals surface area contributed by atoms with E-state index in [-0.39, 0.29) is 30.3 Å². The zero-order chi connectivity index (χ0) is 26.7. The highest BCUT2D eigenvalue weighted by Crippen LogP contribution is 2.37.